The summed E-state index contributed by atoms with van der Waals surface area (Å²) in [6.45, 7) is 0. The molecule has 5 rings (SSSR count). The summed E-state index contributed by atoms with van der Waals surface area (Å²) in [5.74, 6) is 1.66. The third-order valence-corrected chi connectivity index (χ3v) is 4.90. The number of fused-ring (bicyclic) bond motifs is 2. The minimum atomic E-state index is 0.656. The fourth-order valence-electron chi connectivity index (χ4n) is 3.60. The molecule has 28 heavy (non-hydrogen) atoms. The number of nitriles is 1. The maximum absolute atomic E-state index is 9.10. The van der Waals surface area contributed by atoms with Gasteiger partial charge in [-0.3, -0.25) is 0 Å². The monoisotopic (exact) mass is 360 g/mol. The Morgan fingerprint density at radius 1 is 0.607 bits per heavy atom. The van der Waals surface area contributed by atoms with E-state index in [4.69, 9.17) is 10.00 Å². The van der Waals surface area contributed by atoms with Crippen LogP contribution in [0.5, 0.6) is 11.5 Å². The number of benzene rings is 4. The number of nitrogens with zero attached hydrogens (tertiary/aromatic N) is 2. The van der Waals surface area contributed by atoms with Gasteiger partial charge in [0.1, 0.15) is 0 Å². The molecular formula is C25H16N2O. The molecule has 0 unspecified atom stereocenters. The Balaban J connectivity index is 1.74. The van der Waals surface area contributed by atoms with Crippen molar-refractivity contribution in [3.8, 4) is 28.7 Å². The van der Waals surface area contributed by atoms with E-state index in [1.54, 1.807) is 0 Å². The molecular weight excluding hydrogens is 344 g/mol. The molecule has 0 saturated heterocycles. The van der Waals surface area contributed by atoms with Gasteiger partial charge in [0.15, 0.2) is 11.5 Å². The highest BCUT2D eigenvalue weighted by atomic mass is 16.5. The van der Waals surface area contributed by atoms with Crippen molar-refractivity contribution < 1.29 is 4.74 Å². The van der Waals surface area contributed by atoms with E-state index in [9.17, 15) is 0 Å². The largest absolute Gasteiger partial charge is 0.453 e. The first-order chi connectivity index (χ1) is 13.8. The van der Waals surface area contributed by atoms with Crippen LogP contribution in [0, 0.1) is 11.3 Å². The van der Waals surface area contributed by atoms with Gasteiger partial charge in [-0.2, -0.15) is 5.26 Å². The van der Waals surface area contributed by atoms with Gasteiger partial charge in [0.25, 0.3) is 0 Å². The molecule has 0 bridgehead atoms. The Labute approximate surface area is 163 Å². The second-order valence-corrected chi connectivity index (χ2v) is 6.58. The summed E-state index contributed by atoms with van der Waals surface area (Å²) in [6, 6.07) is 34.3. The average Bonchev–Trinajstić information content (AvgIpc) is 2.77. The molecule has 3 heteroatoms. The zero-order valence-electron chi connectivity index (χ0n) is 15.0. The molecule has 1 heterocycles. The van der Waals surface area contributed by atoms with Crippen LogP contribution in [0.15, 0.2) is 97.1 Å². The van der Waals surface area contributed by atoms with Crippen molar-refractivity contribution >= 4 is 17.1 Å². The normalized spacial score (nSPS) is 11.8. The first-order valence-corrected chi connectivity index (χ1v) is 9.11. The summed E-state index contributed by atoms with van der Waals surface area (Å²) in [4.78, 5) is 2.24. The van der Waals surface area contributed by atoms with Crippen LogP contribution in [0.4, 0.5) is 17.1 Å². The predicted molar refractivity (Wildman–Crippen MR) is 111 cm³/mol. The second kappa shape index (κ2) is 6.61. The molecule has 132 valence electrons. The average molecular weight is 360 g/mol. The van der Waals surface area contributed by atoms with Gasteiger partial charge < -0.3 is 9.64 Å². The number of hydrogen-bond donors (Lipinski definition) is 0. The zero-order chi connectivity index (χ0) is 18.9. The van der Waals surface area contributed by atoms with Gasteiger partial charge in [-0.1, -0.05) is 54.6 Å². The highest BCUT2D eigenvalue weighted by Crippen LogP contribution is 2.51. The summed E-state index contributed by atoms with van der Waals surface area (Å²) < 4.78 is 6.13. The van der Waals surface area contributed by atoms with E-state index >= 15 is 0 Å². The smallest absolute Gasteiger partial charge is 0.151 e. The standard InChI is InChI=1S/C25H16N2O/c26-17-18-13-15-19(16-14-18)20-7-1-2-8-21(20)27-22-9-3-5-11-24(22)28-25-12-6-4-10-23(25)27/h1-16H. The number of rotatable bonds is 2. The van der Waals surface area contributed by atoms with E-state index in [0.29, 0.717) is 5.56 Å². The van der Waals surface area contributed by atoms with Crippen molar-refractivity contribution in [3.63, 3.8) is 0 Å². The summed E-state index contributed by atoms with van der Waals surface area (Å²) in [5.41, 5.74) is 5.89. The molecule has 0 amide bonds. The van der Waals surface area contributed by atoms with Crippen molar-refractivity contribution in [2.45, 2.75) is 0 Å². The predicted octanol–water partition coefficient (Wildman–Crippen LogP) is 6.80. The van der Waals surface area contributed by atoms with Crippen molar-refractivity contribution in [1.82, 2.24) is 0 Å². The number of hydrogen-bond acceptors (Lipinski definition) is 3. The van der Waals surface area contributed by atoms with Crippen LogP contribution in [0.2, 0.25) is 0 Å². The molecule has 0 spiro atoms. The minimum Gasteiger partial charge on any atom is -0.453 e. The fourth-order valence-corrected chi connectivity index (χ4v) is 3.60. The van der Waals surface area contributed by atoms with Crippen LogP contribution in [-0.2, 0) is 0 Å². The Kier molecular flexibility index (Phi) is 3.81. The Hall–Kier alpha value is -4.03. The van der Waals surface area contributed by atoms with Crippen molar-refractivity contribution in [3.05, 3.63) is 103 Å². The summed E-state index contributed by atoms with van der Waals surface area (Å²) >= 11 is 0. The molecule has 4 aromatic rings. The Bertz CT molecular complexity index is 1160. The van der Waals surface area contributed by atoms with E-state index in [0.717, 1.165) is 39.7 Å². The molecule has 0 aromatic heterocycles. The SMILES string of the molecule is N#Cc1ccc(-c2ccccc2N2c3ccccc3Oc3ccccc32)cc1. The topological polar surface area (TPSA) is 36.3 Å². The van der Waals surface area contributed by atoms with Crippen LogP contribution < -0.4 is 9.64 Å². The quantitative estimate of drug-likeness (QED) is 0.347. The van der Waals surface area contributed by atoms with Gasteiger partial charge in [-0.05, 0) is 48.0 Å². The van der Waals surface area contributed by atoms with Crippen LogP contribution in [-0.4, -0.2) is 0 Å². The van der Waals surface area contributed by atoms with E-state index in [1.807, 2.05) is 72.8 Å². The van der Waals surface area contributed by atoms with Crippen LogP contribution >= 0.6 is 0 Å². The molecule has 3 nitrogen and oxygen atoms in total. The van der Waals surface area contributed by atoms with E-state index in [2.05, 4.69) is 35.2 Å². The van der Waals surface area contributed by atoms with Crippen molar-refractivity contribution in [2.24, 2.45) is 0 Å². The third-order valence-electron chi connectivity index (χ3n) is 4.90. The van der Waals surface area contributed by atoms with Crippen molar-refractivity contribution in [2.75, 3.05) is 4.90 Å². The van der Waals surface area contributed by atoms with Gasteiger partial charge >= 0.3 is 0 Å². The molecule has 0 N–H and O–H groups in total. The lowest BCUT2D eigenvalue weighted by Gasteiger charge is -2.34. The Morgan fingerprint density at radius 2 is 1.14 bits per heavy atom. The zero-order valence-corrected chi connectivity index (χ0v) is 15.0. The van der Waals surface area contributed by atoms with E-state index in [1.165, 1.54) is 0 Å². The molecule has 1 aliphatic rings. The second-order valence-electron chi connectivity index (χ2n) is 6.58. The van der Waals surface area contributed by atoms with E-state index in [-0.39, 0.29) is 0 Å². The van der Waals surface area contributed by atoms with Gasteiger partial charge in [0.2, 0.25) is 0 Å². The maximum atomic E-state index is 9.10. The molecule has 1 aliphatic heterocycles. The minimum absolute atomic E-state index is 0.656. The first-order valence-electron chi connectivity index (χ1n) is 9.11. The number of anilines is 3. The summed E-state index contributed by atoms with van der Waals surface area (Å²) in [7, 11) is 0. The van der Waals surface area contributed by atoms with E-state index < -0.39 is 0 Å². The summed E-state index contributed by atoms with van der Waals surface area (Å²) in [5, 5.41) is 9.10. The highest BCUT2D eigenvalue weighted by Gasteiger charge is 2.26. The van der Waals surface area contributed by atoms with Gasteiger partial charge in [-0.25, -0.2) is 0 Å². The molecule has 0 aliphatic carbocycles. The third kappa shape index (κ3) is 2.60. The Morgan fingerprint density at radius 3 is 1.75 bits per heavy atom. The molecule has 0 radical (unpaired) electrons. The fraction of sp³-hybridized carbons (Fsp3) is 0. The molecule has 0 atom stereocenters. The lowest BCUT2D eigenvalue weighted by molar-refractivity contribution is 0.477. The molecule has 4 aromatic carbocycles. The molecule has 0 saturated carbocycles. The van der Waals surface area contributed by atoms with Gasteiger partial charge in [0, 0.05) is 5.56 Å². The first kappa shape index (κ1) is 16.2. The number of para-hydroxylation sites is 5. The highest BCUT2D eigenvalue weighted by molar-refractivity contribution is 5.92. The summed E-state index contributed by atoms with van der Waals surface area (Å²) in [6.07, 6.45) is 0. The van der Waals surface area contributed by atoms with Crippen LogP contribution in [0.3, 0.4) is 0 Å². The van der Waals surface area contributed by atoms with Crippen molar-refractivity contribution in [1.29, 1.82) is 5.26 Å². The van der Waals surface area contributed by atoms with Crippen LogP contribution in [0.1, 0.15) is 5.56 Å². The van der Waals surface area contributed by atoms with Crippen LogP contribution in [0.25, 0.3) is 11.1 Å². The lowest BCUT2D eigenvalue weighted by Crippen LogP contribution is -2.16. The molecule has 0 fully saturated rings. The lowest BCUT2D eigenvalue weighted by atomic mass is 10.00. The maximum Gasteiger partial charge on any atom is 0.151 e. The van der Waals surface area contributed by atoms with Gasteiger partial charge in [-0.15, -0.1) is 0 Å². The number of ether oxygens (including phenoxy) is 1. The van der Waals surface area contributed by atoms with Gasteiger partial charge in [0.05, 0.1) is 28.7 Å².